The number of hydrogen-bond acceptors (Lipinski definition) is 4. The summed E-state index contributed by atoms with van der Waals surface area (Å²) in [6, 6.07) is 7.06. The van der Waals surface area contributed by atoms with Gasteiger partial charge in [-0.15, -0.1) is 0 Å². The third-order valence-corrected chi connectivity index (χ3v) is 1.87. The fourth-order valence-electron chi connectivity index (χ4n) is 1.31. The first kappa shape index (κ1) is 8.99. The van der Waals surface area contributed by atoms with Gasteiger partial charge in [0.15, 0.2) is 0 Å². The molecule has 0 spiro atoms. The van der Waals surface area contributed by atoms with Gasteiger partial charge in [-0.3, -0.25) is 4.98 Å². The van der Waals surface area contributed by atoms with Crippen LogP contribution in [-0.4, -0.2) is 22.4 Å². The smallest absolute Gasteiger partial charge is 0.512 e. The monoisotopic (exact) mass is 189 g/mol. The number of nitrogens with zero attached hydrogens (tertiary/aromatic N) is 1. The predicted octanol–water partition coefficient (Wildman–Crippen LogP) is 0.583. The van der Waals surface area contributed by atoms with Crippen molar-refractivity contribution in [2.75, 3.05) is 0 Å². The molecule has 2 rings (SSSR count). The maximum absolute atomic E-state index is 8.68. The lowest BCUT2D eigenvalue weighted by Gasteiger charge is -2.07. The molecule has 4 nitrogen and oxygen atoms in total. The predicted molar refractivity (Wildman–Crippen MR) is 52.6 cm³/mol. The third-order valence-electron chi connectivity index (χ3n) is 1.87. The second kappa shape index (κ2) is 3.65. The molecule has 14 heavy (non-hydrogen) atoms. The molecule has 0 radical (unpaired) electrons. The third kappa shape index (κ3) is 1.68. The van der Waals surface area contributed by atoms with Gasteiger partial charge in [0.25, 0.3) is 0 Å². The number of pyridine rings is 1. The van der Waals surface area contributed by atoms with E-state index in [1.54, 1.807) is 30.6 Å². The van der Waals surface area contributed by atoms with Gasteiger partial charge in [0.1, 0.15) is 5.75 Å². The molecule has 0 fully saturated rings. The van der Waals surface area contributed by atoms with Crippen LogP contribution in [0.2, 0.25) is 0 Å². The lowest BCUT2D eigenvalue weighted by Crippen LogP contribution is -2.20. The van der Waals surface area contributed by atoms with Crippen LogP contribution in [0.3, 0.4) is 0 Å². The summed E-state index contributed by atoms with van der Waals surface area (Å²) in [4.78, 5) is 3.95. The highest BCUT2D eigenvalue weighted by Crippen LogP contribution is 2.24. The van der Waals surface area contributed by atoms with Crippen molar-refractivity contribution < 1.29 is 14.7 Å². The molecule has 0 bridgehead atoms. The lowest BCUT2D eigenvalue weighted by molar-refractivity contribution is 0.289. The topological polar surface area (TPSA) is 62.6 Å². The molecule has 1 aromatic heterocycles. The van der Waals surface area contributed by atoms with Gasteiger partial charge in [0.2, 0.25) is 0 Å². The Bertz CT molecular complexity index is 442. The Morgan fingerprint density at radius 2 is 2.07 bits per heavy atom. The minimum atomic E-state index is -1.80. The second-order valence-electron chi connectivity index (χ2n) is 2.80. The Morgan fingerprint density at radius 3 is 2.86 bits per heavy atom. The van der Waals surface area contributed by atoms with E-state index in [2.05, 4.69) is 4.98 Å². The van der Waals surface area contributed by atoms with E-state index in [4.69, 9.17) is 14.7 Å². The fourth-order valence-corrected chi connectivity index (χ4v) is 1.31. The van der Waals surface area contributed by atoms with E-state index >= 15 is 0 Å². The number of benzene rings is 1. The zero-order valence-electron chi connectivity index (χ0n) is 7.29. The van der Waals surface area contributed by atoms with Gasteiger partial charge in [-0.2, -0.15) is 0 Å². The van der Waals surface area contributed by atoms with Crippen molar-refractivity contribution in [3.63, 3.8) is 0 Å². The van der Waals surface area contributed by atoms with E-state index in [-0.39, 0.29) is 0 Å². The summed E-state index contributed by atoms with van der Waals surface area (Å²) >= 11 is 0. The number of aromatic nitrogens is 1. The SMILES string of the molecule is OB(O)Oc1cccc2cnccc12. The molecular weight excluding hydrogens is 181 g/mol. The van der Waals surface area contributed by atoms with Gasteiger partial charge in [0.05, 0.1) is 0 Å². The maximum atomic E-state index is 8.68. The molecule has 0 atom stereocenters. The normalized spacial score (nSPS) is 10.1. The number of hydrogen-bond donors (Lipinski definition) is 2. The number of rotatable bonds is 2. The summed E-state index contributed by atoms with van der Waals surface area (Å²) in [5.74, 6) is 0.430. The number of fused-ring (bicyclic) bond motifs is 1. The van der Waals surface area contributed by atoms with Crippen molar-refractivity contribution in [2.24, 2.45) is 0 Å². The van der Waals surface area contributed by atoms with E-state index < -0.39 is 7.32 Å². The molecule has 1 aromatic carbocycles. The molecule has 5 heteroatoms. The molecule has 2 aromatic rings. The van der Waals surface area contributed by atoms with Crippen molar-refractivity contribution in [3.05, 3.63) is 36.7 Å². The molecule has 1 heterocycles. The molecule has 70 valence electrons. The van der Waals surface area contributed by atoms with E-state index in [1.807, 2.05) is 6.07 Å². The zero-order valence-corrected chi connectivity index (χ0v) is 7.29. The van der Waals surface area contributed by atoms with E-state index in [0.717, 1.165) is 10.8 Å². The Hall–Kier alpha value is -1.59. The first-order valence-electron chi connectivity index (χ1n) is 4.13. The fraction of sp³-hybridized carbons (Fsp3) is 0. The highest BCUT2D eigenvalue weighted by Gasteiger charge is 2.12. The summed E-state index contributed by atoms with van der Waals surface area (Å²) in [5, 5.41) is 19.1. The van der Waals surface area contributed by atoms with Crippen molar-refractivity contribution >= 4 is 18.1 Å². The average Bonchev–Trinajstić information content (AvgIpc) is 2.18. The van der Waals surface area contributed by atoms with Crippen LogP contribution in [0.1, 0.15) is 0 Å². The van der Waals surface area contributed by atoms with E-state index in [0.29, 0.717) is 5.75 Å². The van der Waals surface area contributed by atoms with Crippen molar-refractivity contribution in [1.29, 1.82) is 0 Å². The van der Waals surface area contributed by atoms with E-state index in [9.17, 15) is 0 Å². The van der Waals surface area contributed by atoms with Crippen LogP contribution in [0.25, 0.3) is 10.8 Å². The highest BCUT2D eigenvalue weighted by atomic mass is 16.6. The molecule has 0 amide bonds. The van der Waals surface area contributed by atoms with Gasteiger partial charge in [-0.1, -0.05) is 12.1 Å². The van der Waals surface area contributed by atoms with Gasteiger partial charge < -0.3 is 14.7 Å². The molecule has 0 aliphatic heterocycles. The summed E-state index contributed by atoms with van der Waals surface area (Å²) in [7, 11) is -1.80. The summed E-state index contributed by atoms with van der Waals surface area (Å²) < 4.78 is 4.81. The minimum absolute atomic E-state index is 0.430. The summed E-state index contributed by atoms with van der Waals surface area (Å²) in [6.45, 7) is 0. The Kier molecular flexibility index (Phi) is 2.34. The lowest BCUT2D eigenvalue weighted by atomic mass is 10.1. The van der Waals surface area contributed by atoms with Crippen LogP contribution >= 0.6 is 0 Å². The Morgan fingerprint density at radius 1 is 1.21 bits per heavy atom. The van der Waals surface area contributed by atoms with Crippen LogP contribution in [0.5, 0.6) is 5.75 Å². The molecule has 0 saturated carbocycles. The molecule has 2 N–H and O–H groups in total. The minimum Gasteiger partial charge on any atom is -0.512 e. The van der Waals surface area contributed by atoms with Gasteiger partial charge in [0, 0.05) is 23.2 Å². The Labute approximate surface area is 81.0 Å². The van der Waals surface area contributed by atoms with Gasteiger partial charge in [-0.25, -0.2) is 0 Å². The van der Waals surface area contributed by atoms with Crippen LogP contribution in [0.15, 0.2) is 36.7 Å². The second-order valence-corrected chi connectivity index (χ2v) is 2.80. The molecular formula is C9H8BNO3. The quantitative estimate of drug-likeness (QED) is 0.678. The van der Waals surface area contributed by atoms with Crippen molar-refractivity contribution in [3.8, 4) is 5.75 Å². The molecule has 0 aliphatic carbocycles. The van der Waals surface area contributed by atoms with Crippen molar-refractivity contribution in [2.45, 2.75) is 0 Å². The molecule has 0 unspecified atom stereocenters. The average molecular weight is 189 g/mol. The van der Waals surface area contributed by atoms with Crippen LogP contribution in [0, 0.1) is 0 Å². The van der Waals surface area contributed by atoms with Gasteiger partial charge in [-0.05, 0) is 12.1 Å². The zero-order chi connectivity index (χ0) is 9.97. The first-order chi connectivity index (χ1) is 6.77. The van der Waals surface area contributed by atoms with Gasteiger partial charge >= 0.3 is 7.32 Å². The highest BCUT2D eigenvalue weighted by molar-refractivity contribution is 6.34. The van der Waals surface area contributed by atoms with Crippen LogP contribution < -0.4 is 4.65 Å². The first-order valence-corrected chi connectivity index (χ1v) is 4.13. The maximum Gasteiger partial charge on any atom is 0.707 e. The summed E-state index contributed by atoms with van der Waals surface area (Å²) in [5.41, 5.74) is 0. The van der Waals surface area contributed by atoms with Crippen molar-refractivity contribution in [1.82, 2.24) is 4.98 Å². The Balaban J connectivity index is 2.53. The molecule has 0 saturated heterocycles. The van der Waals surface area contributed by atoms with Crippen LogP contribution in [-0.2, 0) is 0 Å². The largest absolute Gasteiger partial charge is 0.707 e. The molecule has 0 aliphatic rings. The van der Waals surface area contributed by atoms with Crippen LogP contribution in [0.4, 0.5) is 0 Å². The van der Waals surface area contributed by atoms with E-state index in [1.165, 1.54) is 0 Å². The standard InChI is InChI=1S/C9H8BNO3/c12-10(13)14-9-3-1-2-7-6-11-5-4-8(7)9/h1-6,12-13H. The summed E-state index contributed by atoms with van der Waals surface area (Å²) in [6.07, 6.45) is 3.31.